The predicted octanol–water partition coefficient (Wildman–Crippen LogP) is 4.97. The first kappa shape index (κ1) is 18.5. The minimum Gasteiger partial charge on any atom is -0.382 e. The maximum Gasteiger partial charge on any atom is 0.331 e. The van der Waals surface area contributed by atoms with Gasteiger partial charge in [0.15, 0.2) is 0 Å². The van der Waals surface area contributed by atoms with Crippen LogP contribution in [0, 0.1) is 0 Å². The molecule has 1 atom stereocenters. The summed E-state index contributed by atoms with van der Waals surface area (Å²) in [6.07, 6.45) is 2.79. The van der Waals surface area contributed by atoms with E-state index in [9.17, 15) is 0 Å². The molecule has 0 saturated carbocycles. The van der Waals surface area contributed by atoms with E-state index in [1.165, 1.54) is 29.8 Å². The maximum absolute atomic E-state index is 2.67. The smallest absolute Gasteiger partial charge is 0.331 e. The van der Waals surface area contributed by atoms with Crippen molar-refractivity contribution in [1.82, 2.24) is 4.72 Å². The SMILES string of the molecule is CCCCN1B(C)N(c2ccccc2)C2N(B1C)c1ccccc1C2(C)C. The molecule has 0 aromatic heterocycles. The molecule has 1 saturated heterocycles. The lowest BCUT2D eigenvalue weighted by atomic mass is 9.55. The number of hydrogen-bond acceptors (Lipinski definition) is 3. The van der Waals surface area contributed by atoms with Gasteiger partial charge in [0.05, 0.1) is 6.17 Å². The van der Waals surface area contributed by atoms with Crippen LogP contribution >= 0.6 is 0 Å². The van der Waals surface area contributed by atoms with Gasteiger partial charge in [-0.2, -0.15) is 0 Å². The van der Waals surface area contributed by atoms with Crippen LogP contribution in [0.1, 0.15) is 39.2 Å². The summed E-state index contributed by atoms with van der Waals surface area (Å²) in [7, 11) is 0. The molecule has 4 rings (SSSR count). The molecule has 140 valence electrons. The van der Waals surface area contributed by atoms with E-state index in [0.29, 0.717) is 20.1 Å². The first-order valence-electron chi connectivity index (χ1n) is 10.5. The molecule has 0 aliphatic carbocycles. The summed E-state index contributed by atoms with van der Waals surface area (Å²) in [5, 5.41) is 0. The molecule has 27 heavy (non-hydrogen) atoms. The molecule has 1 fully saturated rings. The molecule has 0 spiro atoms. The highest BCUT2D eigenvalue weighted by atomic mass is 15.4. The summed E-state index contributed by atoms with van der Waals surface area (Å²) in [5.74, 6) is 0. The van der Waals surface area contributed by atoms with Crippen LogP contribution in [-0.2, 0) is 5.41 Å². The third kappa shape index (κ3) is 2.79. The van der Waals surface area contributed by atoms with E-state index in [4.69, 9.17) is 0 Å². The normalized spacial score (nSPS) is 21.4. The van der Waals surface area contributed by atoms with Crippen LogP contribution in [-0.4, -0.2) is 31.4 Å². The Morgan fingerprint density at radius 2 is 1.52 bits per heavy atom. The van der Waals surface area contributed by atoms with Crippen molar-refractivity contribution in [2.24, 2.45) is 0 Å². The summed E-state index contributed by atoms with van der Waals surface area (Å²) < 4.78 is 2.67. The van der Waals surface area contributed by atoms with Gasteiger partial charge in [-0.15, -0.1) is 0 Å². The highest BCUT2D eigenvalue weighted by molar-refractivity contribution is 6.77. The fourth-order valence-corrected chi connectivity index (χ4v) is 5.26. The number of fused-ring (bicyclic) bond motifs is 3. The molecule has 2 heterocycles. The van der Waals surface area contributed by atoms with Crippen LogP contribution in [0.25, 0.3) is 0 Å². The van der Waals surface area contributed by atoms with E-state index >= 15 is 0 Å². The highest BCUT2D eigenvalue weighted by Crippen LogP contribution is 2.50. The summed E-state index contributed by atoms with van der Waals surface area (Å²) in [4.78, 5) is 5.31. The molecular weight excluding hydrogens is 328 g/mol. The lowest BCUT2D eigenvalue weighted by molar-refractivity contribution is 0.424. The van der Waals surface area contributed by atoms with Gasteiger partial charge in [0.2, 0.25) is 0 Å². The average Bonchev–Trinajstić information content (AvgIpc) is 2.91. The third-order valence-corrected chi connectivity index (χ3v) is 6.64. The lowest BCUT2D eigenvalue weighted by Gasteiger charge is -2.56. The largest absolute Gasteiger partial charge is 0.382 e. The van der Waals surface area contributed by atoms with E-state index in [-0.39, 0.29) is 5.41 Å². The molecule has 3 nitrogen and oxygen atoms in total. The second kappa shape index (κ2) is 6.94. The molecular formula is C22H31B2N3. The van der Waals surface area contributed by atoms with E-state index < -0.39 is 0 Å². The molecule has 0 N–H and O–H groups in total. The van der Waals surface area contributed by atoms with Crippen LogP contribution in [0.2, 0.25) is 13.6 Å². The Bertz CT molecular complexity index is 795. The van der Waals surface area contributed by atoms with Gasteiger partial charge in [0, 0.05) is 16.8 Å². The lowest BCUT2D eigenvalue weighted by Crippen LogP contribution is -2.76. The number of hydrogen-bond donors (Lipinski definition) is 0. The van der Waals surface area contributed by atoms with Crippen molar-refractivity contribution in [3.8, 4) is 0 Å². The molecule has 0 radical (unpaired) electrons. The predicted molar refractivity (Wildman–Crippen MR) is 120 cm³/mol. The Morgan fingerprint density at radius 1 is 0.889 bits per heavy atom. The van der Waals surface area contributed by atoms with Gasteiger partial charge in [-0.3, -0.25) is 0 Å². The number of unbranched alkanes of at least 4 members (excludes halogenated alkanes) is 1. The molecule has 2 aliphatic heterocycles. The van der Waals surface area contributed by atoms with Crippen LogP contribution in [0.4, 0.5) is 11.4 Å². The fraction of sp³-hybridized carbons (Fsp3) is 0.455. The summed E-state index contributed by atoms with van der Waals surface area (Å²) in [6.45, 7) is 13.8. The van der Waals surface area contributed by atoms with E-state index in [1.807, 2.05) is 0 Å². The van der Waals surface area contributed by atoms with Crippen LogP contribution in [0.5, 0.6) is 0 Å². The number of anilines is 2. The van der Waals surface area contributed by atoms with Crippen molar-refractivity contribution < 1.29 is 0 Å². The number of benzene rings is 2. The second-order valence-electron chi connectivity index (χ2n) is 8.62. The van der Waals surface area contributed by atoms with E-state index in [2.05, 4.69) is 103 Å². The van der Waals surface area contributed by atoms with Gasteiger partial charge in [0.1, 0.15) is 0 Å². The molecule has 0 amide bonds. The number of nitrogens with zero attached hydrogens (tertiary/aromatic N) is 3. The summed E-state index contributed by atoms with van der Waals surface area (Å²) in [6, 6.07) is 20.0. The molecule has 2 aliphatic rings. The Labute approximate surface area is 165 Å². The Hall–Kier alpha value is -1.87. The van der Waals surface area contributed by atoms with Crippen molar-refractivity contribution in [2.45, 2.75) is 58.8 Å². The average molecular weight is 359 g/mol. The van der Waals surface area contributed by atoms with Gasteiger partial charge < -0.3 is 14.3 Å². The van der Waals surface area contributed by atoms with Crippen molar-refractivity contribution >= 4 is 25.3 Å². The zero-order valence-electron chi connectivity index (χ0n) is 17.4. The van der Waals surface area contributed by atoms with Crippen molar-refractivity contribution in [3.05, 3.63) is 60.2 Å². The van der Waals surface area contributed by atoms with Crippen LogP contribution < -0.4 is 9.62 Å². The summed E-state index contributed by atoms with van der Waals surface area (Å²) in [5.41, 5.74) is 4.24. The van der Waals surface area contributed by atoms with Gasteiger partial charge in [-0.1, -0.05) is 77.2 Å². The second-order valence-corrected chi connectivity index (χ2v) is 8.62. The molecule has 1 unspecified atom stereocenters. The Balaban J connectivity index is 1.86. The van der Waals surface area contributed by atoms with Gasteiger partial charge in [-0.25, -0.2) is 0 Å². The topological polar surface area (TPSA) is 9.72 Å². The number of para-hydroxylation sites is 2. The maximum atomic E-state index is 2.67. The fourth-order valence-electron chi connectivity index (χ4n) is 5.26. The van der Waals surface area contributed by atoms with Crippen molar-refractivity contribution in [2.75, 3.05) is 16.2 Å². The number of rotatable bonds is 4. The molecule has 2 aromatic carbocycles. The third-order valence-electron chi connectivity index (χ3n) is 6.64. The summed E-state index contributed by atoms with van der Waals surface area (Å²) >= 11 is 0. The zero-order valence-corrected chi connectivity index (χ0v) is 17.4. The van der Waals surface area contributed by atoms with Crippen molar-refractivity contribution in [3.63, 3.8) is 0 Å². The quantitative estimate of drug-likeness (QED) is 0.714. The Morgan fingerprint density at radius 3 is 2.22 bits per heavy atom. The molecule has 0 bridgehead atoms. The van der Waals surface area contributed by atoms with E-state index in [0.717, 1.165) is 6.54 Å². The first-order valence-corrected chi connectivity index (χ1v) is 10.5. The Kier molecular flexibility index (Phi) is 4.75. The zero-order chi connectivity index (χ0) is 19.2. The minimum absolute atomic E-state index is 0.0613. The minimum atomic E-state index is 0.0613. The van der Waals surface area contributed by atoms with Gasteiger partial charge in [0.25, 0.3) is 0 Å². The first-order chi connectivity index (χ1) is 13.0. The van der Waals surface area contributed by atoms with Gasteiger partial charge >= 0.3 is 14.0 Å². The standard InChI is InChI=1S/C22H31B2N3/c1-6-7-17-25-23(4)26(18-13-9-8-10-14-18)21-22(2,3)19-15-11-12-16-20(19)27(21)24(25)5/h8-16,21H,6-7,17H2,1-5H3. The van der Waals surface area contributed by atoms with E-state index in [1.54, 1.807) is 0 Å². The monoisotopic (exact) mass is 359 g/mol. The van der Waals surface area contributed by atoms with Crippen molar-refractivity contribution in [1.29, 1.82) is 0 Å². The molecule has 2 aromatic rings. The highest BCUT2D eigenvalue weighted by Gasteiger charge is 2.56. The molecule has 5 heteroatoms. The van der Waals surface area contributed by atoms with Crippen LogP contribution in [0.15, 0.2) is 54.6 Å². The van der Waals surface area contributed by atoms with Gasteiger partial charge in [-0.05, 0) is 36.7 Å². The van der Waals surface area contributed by atoms with Crippen LogP contribution in [0.3, 0.4) is 0 Å².